The molecule has 1 unspecified atom stereocenters. The van der Waals surface area contributed by atoms with Gasteiger partial charge >= 0.3 is 0 Å². The van der Waals surface area contributed by atoms with Crippen molar-refractivity contribution < 1.29 is 4.52 Å². The lowest BCUT2D eigenvalue weighted by atomic mass is 10.1. The number of aromatic nitrogens is 1. The smallest absolute Gasteiger partial charge is 0.191 e. The third-order valence-corrected chi connectivity index (χ3v) is 5.05. The van der Waals surface area contributed by atoms with Crippen molar-refractivity contribution in [1.82, 2.24) is 25.6 Å². The number of hydrogen-bond donors (Lipinski definition) is 2. The van der Waals surface area contributed by atoms with Crippen LogP contribution >= 0.6 is 24.0 Å². The molecule has 27 heavy (non-hydrogen) atoms. The van der Waals surface area contributed by atoms with Crippen LogP contribution in [0.5, 0.6) is 0 Å². The molecule has 0 amide bonds. The highest BCUT2D eigenvalue weighted by atomic mass is 127. The molecular weight excluding hydrogens is 455 g/mol. The first kappa shape index (κ1) is 24.2. The topological polar surface area (TPSA) is 68.9 Å². The number of hydrogen-bond acceptors (Lipinski definition) is 5. The van der Waals surface area contributed by atoms with Gasteiger partial charge in [0.1, 0.15) is 5.76 Å². The summed E-state index contributed by atoms with van der Waals surface area (Å²) < 4.78 is 5.43. The second-order valence-electron chi connectivity index (χ2n) is 7.25. The van der Waals surface area contributed by atoms with Crippen LogP contribution in [0.1, 0.15) is 37.8 Å². The minimum Gasteiger partial charge on any atom is -0.361 e. The molecule has 2 N–H and O–H groups in total. The summed E-state index contributed by atoms with van der Waals surface area (Å²) in [5.74, 6) is 2.37. The van der Waals surface area contributed by atoms with Gasteiger partial charge in [0, 0.05) is 64.8 Å². The maximum atomic E-state index is 5.43. The van der Waals surface area contributed by atoms with E-state index in [2.05, 4.69) is 58.4 Å². The second-order valence-corrected chi connectivity index (χ2v) is 7.25. The minimum absolute atomic E-state index is 0. The Morgan fingerprint density at radius 2 is 1.89 bits per heavy atom. The van der Waals surface area contributed by atoms with Crippen molar-refractivity contribution in [3.8, 4) is 0 Å². The van der Waals surface area contributed by atoms with Crippen LogP contribution in [-0.4, -0.2) is 74.3 Å². The molecule has 1 aliphatic rings. The van der Waals surface area contributed by atoms with Gasteiger partial charge in [0.25, 0.3) is 0 Å². The minimum atomic E-state index is 0. The van der Waals surface area contributed by atoms with Crippen LogP contribution in [0.4, 0.5) is 0 Å². The van der Waals surface area contributed by atoms with Crippen LogP contribution < -0.4 is 10.6 Å². The Labute approximate surface area is 181 Å². The molecule has 0 aliphatic carbocycles. The number of aliphatic imine (C=N–C) groups is 1. The molecule has 1 fully saturated rings. The van der Waals surface area contributed by atoms with Gasteiger partial charge in [-0.05, 0) is 19.4 Å². The van der Waals surface area contributed by atoms with E-state index in [4.69, 9.17) is 4.52 Å². The zero-order valence-electron chi connectivity index (χ0n) is 17.5. The van der Waals surface area contributed by atoms with Gasteiger partial charge in [0.05, 0.1) is 5.69 Å². The molecular formula is C19H37IN6O. The van der Waals surface area contributed by atoms with Crippen LogP contribution in [0.2, 0.25) is 0 Å². The summed E-state index contributed by atoms with van der Waals surface area (Å²) in [7, 11) is 4.01. The van der Waals surface area contributed by atoms with E-state index in [0.717, 1.165) is 43.3 Å². The number of guanidine groups is 1. The van der Waals surface area contributed by atoms with Crippen LogP contribution in [0.15, 0.2) is 9.52 Å². The predicted molar refractivity (Wildman–Crippen MR) is 122 cm³/mol. The molecule has 0 bridgehead atoms. The first-order chi connectivity index (χ1) is 12.6. The summed E-state index contributed by atoms with van der Waals surface area (Å²) in [6.07, 6.45) is 1.74. The highest BCUT2D eigenvalue weighted by Gasteiger charge is 2.17. The molecule has 0 aromatic carbocycles. The summed E-state index contributed by atoms with van der Waals surface area (Å²) >= 11 is 0. The van der Waals surface area contributed by atoms with E-state index in [0.29, 0.717) is 12.5 Å². The Kier molecular flexibility index (Phi) is 11.2. The molecule has 1 aliphatic heterocycles. The Balaban J connectivity index is 0.00000364. The highest BCUT2D eigenvalue weighted by Crippen LogP contribution is 2.15. The Morgan fingerprint density at radius 1 is 1.19 bits per heavy atom. The van der Waals surface area contributed by atoms with Crippen LogP contribution in [0.25, 0.3) is 0 Å². The van der Waals surface area contributed by atoms with Crippen molar-refractivity contribution in [3.05, 3.63) is 17.0 Å². The van der Waals surface area contributed by atoms with E-state index in [9.17, 15) is 0 Å². The maximum Gasteiger partial charge on any atom is 0.191 e. The summed E-state index contributed by atoms with van der Waals surface area (Å²) in [4.78, 5) is 9.30. The predicted octanol–water partition coefficient (Wildman–Crippen LogP) is 1.97. The average Bonchev–Trinajstić information content (AvgIpc) is 3.05. The molecule has 1 saturated heterocycles. The summed E-state index contributed by atoms with van der Waals surface area (Å²) in [6, 6.07) is 0. The van der Waals surface area contributed by atoms with Crippen molar-refractivity contribution in [2.75, 3.05) is 53.4 Å². The fourth-order valence-electron chi connectivity index (χ4n) is 3.34. The largest absolute Gasteiger partial charge is 0.361 e. The normalized spacial score (nSPS) is 17.4. The van der Waals surface area contributed by atoms with E-state index >= 15 is 0 Å². The van der Waals surface area contributed by atoms with Gasteiger partial charge in [-0.15, -0.1) is 24.0 Å². The van der Waals surface area contributed by atoms with E-state index < -0.39 is 0 Å². The Morgan fingerprint density at radius 3 is 2.48 bits per heavy atom. The number of aryl methyl sites for hydroxylation is 2. The maximum absolute atomic E-state index is 5.43. The molecule has 0 spiro atoms. The molecule has 156 valence electrons. The third kappa shape index (κ3) is 7.57. The first-order valence-electron chi connectivity index (χ1n) is 9.89. The molecule has 2 rings (SSSR count). The number of nitrogens with one attached hydrogen (secondary N) is 2. The number of halogens is 1. The lowest BCUT2D eigenvalue weighted by Crippen LogP contribution is -2.47. The fraction of sp³-hybridized carbons (Fsp3) is 0.789. The van der Waals surface area contributed by atoms with Gasteiger partial charge in [-0.25, -0.2) is 0 Å². The van der Waals surface area contributed by atoms with Crippen molar-refractivity contribution in [2.45, 2.75) is 40.2 Å². The number of likely N-dealkylation sites (N-methyl/N-ethyl adjacent to an activating group) is 1. The summed E-state index contributed by atoms with van der Waals surface area (Å²) in [6.45, 7) is 13.9. The number of piperazine rings is 1. The first-order valence-corrected chi connectivity index (χ1v) is 9.89. The average molecular weight is 492 g/mol. The van der Waals surface area contributed by atoms with E-state index in [1.807, 2.05) is 7.05 Å². The zero-order valence-corrected chi connectivity index (χ0v) is 19.9. The molecule has 1 aromatic rings. The van der Waals surface area contributed by atoms with E-state index in [1.165, 1.54) is 31.7 Å². The molecule has 0 radical (unpaired) electrons. The van der Waals surface area contributed by atoms with Gasteiger partial charge in [0.2, 0.25) is 0 Å². The van der Waals surface area contributed by atoms with Crippen LogP contribution in [-0.2, 0) is 19.4 Å². The van der Waals surface area contributed by atoms with Crippen LogP contribution in [0, 0.1) is 5.92 Å². The highest BCUT2D eigenvalue weighted by molar-refractivity contribution is 14.0. The quantitative estimate of drug-likeness (QED) is 0.329. The number of nitrogens with zero attached hydrogens (tertiary/aromatic N) is 4. The summed E-state index contributed by atoms with van der Waals surface area (Å²) in [5.41, 5.74) is 2.21. The van der Waals surface area contributed by atoms with Gasteiger partial charge < -0.3 is 25.0 Å². The standard InChI is InChI=1S/C19H36N6O.HI/c1-6-17-16(18(7-2)26-23-17)13-22-19(20-4)21-12-15(3)14-25-10-8-24(5)9-11-25;/h15H,6-14H2,1-5H3,(H2,20,21,22);1H. The Bertz CT molecular complexity index is 547. The van der Waals surface area contributed by atoms with Crippen molar-refractivity contribution in [3.63, 3.8) is 0 Å². The SMILES string of the molecule is CCc1noc(CC)c1CNC(=NC)NCC(C)CN1CCN(C)CC1.I. The lowest BCUT2D eigenvalue weighted by molar-refractivity contribution is 0.139. The molecule has 0 saturated carbocycles. The fourth-order valence-corrected chi connectivity index (χ4v) is 3.34. The number of rotatable bonds is 8. The molecule has 2 heterocycles. The van der Waals surface area contributed by atoms with Crippen molar-refractivity contribution in [1.29, 1.82) is 0 Å². The van der Waals surface area contributed by atoms with Crippen molar-refractivity contribution in [2.24, 2.45) is 10.9 Å². The Hall–Kier alpha value is -0.870. The molecule has 8 heteroatoms. The lowest BCUT2D eigenvalue weighted by Gasteiger charge is -2.34. The van der Waals surface area contributed by atoms with Gasteiger partial charge in [-0.2, -0.15) is 0 Å². The van der Waals surface area contributed by atoms with Gasteiger partial charge in [-0.1, -0.05) is 25.9 Å². The van der Waals surface area contributed by atoms with E-state index in [-0.39, 0.29) is 24.0 Å². The second kappa shape index (κ2) is 12.6. The van der Waals surface area contributed by atoms with Crippen molar-refractivity contribution >= 4 is 29.9 Å². The van der Waals surface area contributed by atoms with Gasteiger partial charge in [0.15, 0.2) is 5.96 Å². The molecule has 1 atom stereocenters. The summed E-state index contributed by atoms with van der Waals surface area (Å²) in [5, 5.41) is 11.0. The zero-order chi connectivity index (χ0) is 18.9. The molecule has 1 aromatic heterocycles. The third-order valence-electron chi connectivity index (χ3n) is 5.05. The van der Waals surface area contributed by atoms with E-state index in [1.54, 1.807) is 0 Å². The van der Waals surface area contributed by atoms with Gasteiger partial charge in [-0.3, -0.25) is 4.99 Å². The monoisotopic (exact) mass is 492 g/mol. The molecule has 7 nitrogen and oxygen atoms in total. The van der Waals surface area contributed by atoms with Crippen LogP contribution in [0.3, 0.4) is 0 Å².